The van der Waals surface area contributed by atoms with E-state index < -0.39 is 0 Å². The first-order valence-electron chi connectivity index (χ1n) is 5.20. The number of ketones is 1. The van der Waals surface area contributed by atoms with Gasteiger partial charge in [-0.25, -0.2) is 0 Å². The quantitative estimate of drug-likeness (QED) is 0.793. The predicted octanol–water partition coefficient (Wildman–Crippen LogP) is 1.35. The van der Waals surface area contributed by atoms with Crippen LogP contribution < -0.4 is 5.32 Å². The summed E-state index contributed by atoms with van der Waals surface area (Å²) in [7, 11) is 0. The zero-order chi connectivity index (χ0) is 10.8. The molecule has 0 spiro atoms. The highest BCUT2D eigenvalue weighted by molar-refractivity contribution is 6.33. The van der Waals surface area contributed by atoms with Crippen molar-refractivity contribution in [2.24, 2.45) is 5.92 Å². The Hall–Kier alpha value is -0.870. The molecule has 1 aromatic rings. The molecule has 1 unspecified atom stereocenters. The van der Waals surface area contributed by atoms with Gasteiger partial charge in [-0.15, -0.1) is 0 Å². The van der Waals surface area contributed by atoms with Crippen LogP contribution in [-0.4, -0.2) is 28.7 Å². The van der Waals surface area contributed by atoms with Crippen LogP contribution in [0.25, 0.3) is 0 Å². The SMILES string of the molecule is CCn1ncc(Cl)c1C(=O)C1CCNC1. The monoisotopic (exact) mass is 227 g/mol. The summed E-state index contributed by atoms with van der Waals surface area (Å²) in [5, 5.41) is 7.72. The summed E-state index contributed by atoms with van der Waals surface area (Å²) in [6.45, 7) is 4.29. The predicted molar refractivity (Wildman–Crippen MR) is 58.2 cm³/mol. The van der Waals surface area contributed by atoms with Crippen molar-refractivity contribution in [2.75, 3.05) is 13.1 Å². The van der Waals surface area contributed by atoms with Gasteiger partial charge in [0.25, 0.3) is 0 Å². The molecule has 0 aromatic carbocycles. The van der Waals surface area contributed by atoms with E-state index in [-0.39, 0.29) is 11.7 Å². The molecular formula is C10H14ClN3O. The van der Waals surface area contributed by atoms with Crippen LogP contribution in [0.15, 0.2) is 6.20 Å². The average Bonchev–Trinajstić information content (AvgIpc) is 2.85. The molecule has 1 aliphatic heterocycles. The standard InChI is InChI=1S/C10H14ClN3O/c1-2-14-9(8(11)6-13-14)10(15)7-3-4-12-5-7/h6-7,12H,2-5H2,1H3. The molecule has 2 heterocycles. The van der Waals surface area contributed by atoms with Gasteiger partial charge in [-0.1, -0.05) is 11.6 Å². The molecule has 0 aliphatic carbocycles. The number of nitrogens with one attached hydrogen (secondary N) is 1. The minimum atomic E-state index is 0.0597. The van der Waals surface area contributed by atoms with Gasteiger partial charge in [-0.05, 0) is 19.9 Å². The van der Waals surface area contributed by atoms with Crippen molar-refractivity contribution in [2.45, 2.75) is 19.9 Å². The van der Waals surface area contributed by atoms with Crippen molar-refractivity contribution in [3.8, 4) is 0 Å². The van der Waals surface area contributed by atoms with Crippen molar-refractivity contribution >= 4 is 17.4 Å². The summed E-state index contributed by atoms with van der Waals surface area (Å²) in [4.78, 5) is 12.1. The minimum Gasteiger partial charge on any atom is -0.316 e. The van der Waals surface area contributed by atoms with E-state index in [1.54, 1.807) is 10.9 Å². The van der Waals surface area contributed by atoms with Crippen LogP contribution in [0, 0.1) is 5.92 Å². The number of carbonyl (C=O) groups excluding carboxylic acids is 1. The van der Waals surface area contributed by atoms with Crippen LogP contribution in [-0.2, 0) is 6.54 Å². The van der Waals surface area contributed by atoms with Crippen LogP contribution in [0.5, 0.6) is 0 Å². The molecule has 82 valence electrons. The van der Waals surface area contributed by atoms with Crippen molar-refractivity contribution in [1.82, 2.24) is 15.1 Å². The molecule has 0 radical (unpaired) electrons. The van der Waals surface area contributed by atoms with Crippen LogP contribution in [0.2, 0.25) is 5.02 Å². The van der Waals surface area contributed by atoms with E-state index in [0.29, 0.717) is 17.3 Å². The Bertz CT molecular complexity index is 369. The lowest BCUT2D eigenvalue weighted by molar-refractivity contribution is 0.0919. The van der Waals surface area contributed by atoms with E-state index >= 15 is 0 Å². The zero-order valence-electron chi connectivity index (χ0n) is 8.66. The molecule has 1 N–H and O–H groups in total. The Morgan fingerprint density at radius 2 is 2.60 bits per heavy atom. The summed E-state index contributed by atoms with van der Waals surface area (Å²) >= 11 is 5.97. The van der Waals surface area contributed by atoms with E-state index in [0.717, 1.165) is 19.5 Å². The third-order valence-corrected chi connectivity index (χ3v) is 3.04. The molecule has 4 nitrogen and oxygen atoms in total. The molecule has 1 aromatic heterocycles. The second-order valence-corrected chi connectivity index (χ2v) is 4.12. The molecule has 5 heteroatoms. The molecule has 1 saturated heterocycles. The lowest BCUT2D eigenvalue weighted by atomic mass is 10.0. The number of rotatable bonds is 3. The van der Waals surface area contributed by atoms with E-state index in [2.05, 4.69) is 10.4 Å². The van der Waals surface area contributed by atoms with Crippen molar-refractivity contribution in [3.05, 3.63) is 16.9 Å². The van der Waals surface area contributed by atoms with Gasteiger partial charge in [-0.3, -0.25) is 9.48 Å². The van der Waals surface area contributed by atoms with Gasteiger partial charge in [0.2, 0.25) is 0 Å². The topological polar surface area (TPSA) is 46.9 Å². The molecule has 1 aliphatic rings. The third-order valence-electron chi connectivity index (χ3n) is 2.76. The molecule has 0 amide bonds. The molecule has 2 rings (SSSR count). The lowest BCUT2D eigenvalue weighted by Gasteiger charge is -2.09. The number of halogens is 1. The fourth-order valence-corrected chi connectivity index (χ4v) is 2.15. The first kappa shape index (κ1) is 10.6. The second kappa shape index (κ2) is 4.33. The number of Topliss-reactive ketones (excluding diaryl/α,β-unsaturated/α-hetero) is 1. The Kier molecular flexibility index (Phi) is 3.07. The van der Waals surface area contributed by atoms with Crippen molar-refractivity contribution in [3.63, 3.8) is 0 Å². The first-order valence-corrected chi connectivity index (χ1v) is 5.58. The van der Waals surface area contributed by atoms with Crippen molar-refractivity contribution < 1.29 is 4.79 Å². The first-order chi connectivity index (χ1) is 7.24. The van der Waals surface area contributed by atoms with E-state index in [1.807, 2.05) is 6.92 Å². The highest BCUT2D eigenvalue weighted by Crippen LogP contribution is 2.21. The van der Waals surface area contributed by atoms with E-state index in [9.17, 15) is 4.79 Å². The molecule has 15 heavy (non-hydrogen) atoms. The fraction of sp³-hybridized carbons (Fsp3) is 0.600. The highest BCUT2D eigenvalue weighted by atomic mass is 35.5. The minimum absolute atomic E-state index is 0.0597. The maximum Gasteiger partial charge on any atom is 0.186 e. The van der Waals surface area contributed by atoms with Gasteiger partial charge in [-0.2, -0.15) is 5.10 Å². The van der Waals surface area contributed by atoms with E-state index in [1.165, 1.54) is 0 Å². The Labute approximate surface area is 93.6 Å². The maximum atomic E-state index is 12.1. The summed E-state index contributed by atoms with van der Waals surface area (Å²) in [5.74, 6) is 0.175. The largest absolute Gasteiger partial charge is 0.316 e. The summed E-state index contributed by atoms with van der Waals surface area (Å²) in [6, 6.07) is 0. The van der Waals surface area contributed by atoms with Crippen LogP contribution in [0.4, 0.5) is 0 Å². The normalized spacial score (nSPS) is 20.8. The summed E-state index contributed by atoms with van der Waals surface area (Å²) < 4.78 is 1.67. The Morgan fingerprint density at radius 1 is 1.80 bits per heavy atom. The second-order valence-electron chi connectivity index (χ2n) is 3.71. The average molecular weight is 228 g/mol. The van der Waals surface area contributed by atoms with Gasteiger partial charge in [0.05, 0.1) is 11.2 Å². The number of nitrogens with zero attached hydrogens (tertiary/aromatic N) is 2. The molecule has 1 atom stereocenters. The molecular weight excluding hydrogens is 214 g/mol. The van der Waals surface area contributed by atoms with Crippen LogP contribution in [0.3, 0.4) is 0 Å². The number of hydrogen-bond acceptors (Lipinski definition) is 3. The molecule has 0 bridgehead atoms. The molecule has 1 fully saturated rings. The van der Waals surface area contributed by atoms with Gasteiger partial charge < -0.3 is 5.32 Å². The van der Waals surface area contributed by atoms with Crippen LogP contribution in [0.1, 0.15) is 23.8 Å². The Morgan fingerprint density at radius 3 is 3.20 bits per heavy atom. The number of hydrogen-bond donors (Lipinski definition) is 1. The van der Waals surface area contributed by atoms with Gasteiger partial charge in [0.15, 0.2) is 5.78 Å². The third kappa shape index (κ3) is 1.92. The van der Waals surface area contributed by atoms with Gasteiger partial charge >= 0.3 is 0 Å². The number of carbonyl (C=O) groups is 1. The lowest BCUT2D eigenvalue weighted by Crippen LogP contribution is -2.21. The van der Waals surface area contributed by atoms with Crippen LogP contribution >= 0.6 is 11.6 Å². The molecule has 0 saturated carbocycles. The number of aryl methyl sites for hydroxylation is 1. The van der Waals surface area contributed by atoms with Gasteiger partial charge in [0, 0.05) is 19.0 Å². The maximum absolute atomic E-state index is 12.1. The summed E-state index contributed by atoms with van der Waals surface area (Å²) in [5.41, 5.74) is 0.563. The fourth-order valence-electron chi connectivity index (χ4n) is 1.92. The highest BCUT2D eigenvalue weighted by Gasteiger charge is 2.27. The zero-order valence-corrected chi connectivity index (χ0v) is 9.42. The van der Waals surface area contributed by atoms with Crippen molar-refractivity contribution in [1.29, 1.82) is 0 Å². The summed E-state index contributed by atoms with van der Waals surface area (Å²) in [6.07, 6.45) is 2.44. The number of aromatic nitrogens is 2. The Balaban J connectivity index is 2.27. The smallest absolute Gasteiger partial charge is 0.186 e. The van der Waals surface area contributed by atoms with Gasteiger partial charge in [0.1, 0.15) is 5.69 Å². The van der Waals surface area contributed by atoms with E-state index in [4.69, 9.17) is 11.6 Å².